The van der Waals surface area contributed by atoms with Crippen LogP contribution < -0.4 is 0 Å². The SMILES string of the molecule is CC(C)c1ccc(Cc2ncc(C3CCN(CC4CC(N(C)[C@@H](C(=O)O)C(C)C)CC4c4cccc(F)c4)CC3)s2)cc1. The minimum absolute atomic E-state index is 0.0193. The normalized spacial score (nSPS) is 22.6. The number of hydrogen-bond donors (Lipinski definition) is 1. The van der Waals surface area contributed by atoms with E-state index in [-0.39, 0.29) is 23.7 Å². The number of carboxylic acids is 1. The van der Waals surface area contributed by atoms with Crippen molar-refractivity contribution in [2.75, 3.05) is 26.7 Å². The largest absolute Gasteiger partial charge is 0.480 e. The number of halogens is 1. The monoisotopic (exact) mass is 605 g/mol. The lowest BCUT2D eigenvalue weighted by atomic mass is 9.87. The standard InChI is InChI=1S/C36H48FN3O2S/c1-23(2)26-11-9-25(10-12-26)17-34-38-21-33(43-34)27-13-15-40(16-14-27)22-29-19-31(39(5)35(24(3)4)36(41)42)20-32(29)28-7-6-8-30(37)18-28/h6-12,18,21,23-24,27,29,31-32,35H,13-17,19-20,22H2,1-5H3,(H,41,42)/t29?,31?,32?,35-/m1/s1. The molecule has 2 heterocycles. The van der Waals surface area contributed by atoms with Crippen molar-refractivity contribution in [3.8, 4) is 0 Å². The van der Waals surface area contributed by atoms with Gasteiger partial charge in [0.1, 0.15) is 11.9 Å². The van der Waals surface area contributed by atoms with Gasteiger partial charge < -0.3 is 10.0 Å². The number of aliphatic carboxylic acids is 1. The molecule has 1 saturated heterocycles. The van der Waals surface area contributed by atoms with Crippen LogP contribution in [-0.4, -0.2) is 64.6 Å². The molecule has 1 N–H and O–H groups in total. The van der Waals surface area contributed by atoms with Crippen molar-refractivity contribution in [2.24, 2.45) is 11.8 Å². The molecule has 2 aliphatic rings. The number of nitrogens with zero attached hydrogens (tertiary/aromatic N) is 3. The highest BCUT2D eigenvalue weighted by molar-refractivity contribution is 7.11. The van der Waals surface area contributed by atoms with Gasteiger partial charge in [-0.15, -0.1) is 11.3 Å². The third kappa shape index (κ3) is 7.73. The quantitative estimate of drug-likeness (QED) is 0.242. The van der Waals surface area contributed by atoms with Crippen molar-refractivity contribution < 1.29 is 14.3 Å². The highest BCUT2D eigenvalue weighted by atomic mass is 32.1. The number of hydrogen-bond acceptors (Lipinski definition) is 5. The van der Waals surface area contributed by atoms with E-state index in [0.29, 0.717) is 17.8 Å². The van der Waals surface area contributed by atoms with E-state index >= 15 is 0 Å². The van der Waals surface area contributed by atoms with Crippen molar-refractivity contribution in [1.82, 2.24) is 14.8 Å². The van der Waals surface area contributed by atoms with Crippen LogP contribution in [-0.2, 0) is 11.2 Å². The van der Waals surface area contributed by atoms with Crippen LogP contribution >= 0.6 is 11.3 Å². The molecule has 3 unspecified atom stereocenters. The molecule has 2 fully saturated rings. The zero-order valence-electron chi connectivity index (χ0n) is 26.4. The maximum absolute atomic E-state index is 14.3. The van der Waals surface area contributed by atoms with E-state index in [9.17, 15) is 14.3 Å². The highest BCUT2D eigenvalue weighted by Crippen LogP contribution is 2.44. The number of benzene rings is 2. The molecule has 43 heavy (non-hydrogen) atoms. The van der Waals surface area contributed by atoms with Crippen molar-refractivity contribution in [1.29, 1.82) is 0 Å². The smallest absolute Gasteiger partial charge is 0.321 e. The van der Waals surface area contributed by atoms with Gasteiger partial charge in [0.05, 0.1) is 5.01 Å². The van der Waals surface area contributed by atoms with Gasteiger partial charge in [0.25, 0.3) is 0 Å². The van der Waals surface area contributed by atoms with Crippen molar-refractivity contribution in [3.63, 3.8) is 0 Å². The van der Waals surface area contributed by atoms with E-state index < -0.39 is 12.0 Å². The van der Waals surface area contributed by atoms with Crippen LogP contribution in [0.25, 0.3) is 0 Å². The predicted molar refractivity (Wildman–Crippen MR) is 174 cm³/mol. The average molecular weight is 606 g/mol. The molecule has 232 valence electrons. The number of rotatable bonds is 11. The number of piperidine rings is 1. The zero-order valence-corrected chi connectivity index (χ0v) is 27.2. The van der Waals surface area contributed by atoms with E-state index in [4.69, 9.17) is 4.98 Å². The zero-order chi connectivity index (χ0) is 30.7. The summed E-state index contributed by atoms with van der Waals surface area (Å²) >= 11 is 1.87. The van der Waals surface area contributed by atoms with Crippen LogP contribution in [0.2, 0.25) is 0 Å². The second-order valence-electron chi connectivity index (χ2n) is 13.5. The first kappa shape index (κ1) is 31.8. The number of thiazole rings is 1. The first-order valence-corrected chi connectivity index (χ1v) is 16.9. The summed E-state index contributed by atoms with van der Waals surface area (Å²) in [4.78, 5) is 23.0. The molecular formula is C36H48FN3O2S. The van der Waals surface area contributed by atoms with Crippen molar-refractivity contribution in [2.45, 2.75) is 89.6 Å². The Hall–Kier alpha value is -2.61. The van der Waals surface area contributed by atoms with Gasteiger partial charge in [-0.05, 0) is 104 Å². The Balaban J connectivity index is 1.20. The molecule has 1 aliphatic heterocycles. The maximum atomic E-state index is 14.3. The van der Waals surface area contributed by atoms with Crippen LogP contribution in [0.4, 0.5) is 4.39 Å². The molecule has 0 spiro atoms. The molecule has 5 nitrogen and oxygen atoms in total. The molecule has 0 amide bonds. The van der Waals surface area contributed by atoms with Gasteiger partial charge in [-0.1, -0.05) is 64.1 Å². The maximum Gasteiger partial charge on any atom is 0.321 e. The second kappa shape index (κ2) is 14.0. The Labute approximate surface area is 261 Å². The summed E-state index contributed by atoms with van der Waals surface area (Å²) in [5, 5.41) is 11.1. The third-order valence-corrected chi connectivity index (χ3v) is 11.1. The fourth-order valence-corrected chi connectivity index (χ4v) is 8.58. The summed E-state index contributed by atoms with van der Waals surface area (Å²) in [5.74, 6) is 0.743. The molecule has 1 aliphatic carbocycles. The van der Waals surface area contributed by atoms with Gasteiger partial charge in [-0.3, -0.25) is 9.69 Å². The molecule has 5 rings (SSSR count). The van der Waals surface area contributed by atoms with Gasteiger partial charge in [-0.25, -0.2) is 9.37 Å². The lowest BCUT2D eigenvalue weighted by molar-refractivity contribution is -0.145. The number of likely N-dealkylation sites (tertiary alicyclic amines) is 1. The predicted octanol–water partition coefficient (Wildman–Crippen LogP) is 7.78. The number of aromatic nitrogens is 1. The second-order valence-corrected chi connectivity index (χ2v) is 14.7. The molecular weight excluding hydrogens is 557 g/mol. The van der Waals surface area contributed by atoms with E-state index in [1.54, 1.807) is 6.07 Å². The lowest BCUT2D eigenvalue weighted by Crippen LogP contribution is -2.47. The van der Waals surface area contributed by atoms with Crippen LogP contribution in [0.15, 0.2) is 54.7 Å². The summed E-state index contributed by atoms with van der Waals surface area (Å²) in [6, 6.07) is 15.6. The fraction of sp³-hybridized carbons (Fsp3) is 0.556. The summed E-state index contributed by atoms with van der Waals surface area (Å²) in [5.41, 5.74) is 3.73. The first-order chi connectivity index (χ1) is 20.6. The minimum Gasteiger partial charge on any atom is -0.480 e. The molecule has 2 aromatic carbocycles. The van der Waals surface area contributed by atoms with Crippen LogP contribution in [0, 0.1) is 17.7 Å². The Kier molecular flexibility index (Phi) is 10.4. The summed E-state index contributed by atoms with van der Waals surface area (Å²) in [6.07, 6.45) is 7.04. The average Bonchev–Trinajstić information content (AvgIpc) is 3.61. The molecule has 3 aromatic rings. The number of carboxylic acid groups (broad SMARTS) is 1. The topological polar surface area (TPSA) is 56.7 Å². The van der Waals surface area contributed by atoms with Gasteiger partial charge >= 0.3 is 5.97 Å². The van der Waals surface area contributed by atoms with E-state index in [1.807, 2.05) is 44.4 Å². The van der Waals surface area contributed by atoms with Crippen LogP contribution in [0.3, 0.4) is 0 Å². The molecule has 0 bridgehead atoms. The summed E-state index contributed by atoms with van der Waals surface area (Å²) in [7, 11) is 1.96. The minimum atomic E-state index is -0.763. The van der Waals surface area contributed by atoms with Gasteiger partial charge in [-0.2, -0.15) is 0 Å². The molecule has 7 heteroatoms. The fourth-order valence-electron chi connectivity index (χ4n) is 7.45. The Morgan fingerprint density at radius 2 is 1.81 bits per heavy atom. The number of carbonyl (C=O) groups is 1. The molecule has 0 radical (unpaired) electrons. The van der Waals surface area contributed by atoms with Crippen molar-refractivity contribution in [3.05, 3.63) is 87.1 Å². The first-order valence-electron chi connectivity index (χ1n) is 16.0. The third-order valence-electron chi connectivity index (χ3n) is 9.90. The lowest BCUT2D eigenvalue weighted by Gasteiger charge is -2.35. The Bertz CT molecular complexity index is 1350. The molecule has 1 saturated carbocycles. The van der Waals surface area contributed by atoms with E-state index in [0.717, 1.165) is 57.3 Å². The van der Waals surface area contributed by atoms with E-state index in [1.165, 1.54) is 27.1 Å². The Morgan fingerprint density at radius 1 is 1.09 bits per heavy atom. The Morgan fingerprint density at radius 3 is 2.44 bits per heavy atom. The van der Waals surface area contributed by atoms with Gasteiger partial charge in [0.2, 0.25) is 0 Å². The van der Waals surface area contributed by atoms with Crippen molar-refractivity contribution >= 4 is 17.3 Å². The van der Waals surface area contributed by atoms with E-state index in [2.05, 4.69) is 54.1 Å². The summed E-state index contributed by atoms with van der Waals surface area (Å²) in [6.45, 7) is 11.5. The van der Waals surface area contributed by atoms with Crippen LogP contribution in [0.5, 0.6) is 0 Å². The molecule has 4 atom stereocenters. The number of likely N-dealkylation sites (N-methyl/N-ethyl adjacent to an activating group) is 1. The van der Waals surface area contributed by atoms with Gasteiger partial charge in [0.15, 0.2) is 0 Å². The van der Waals surface area contributed by atoms with Gasteiger partial charge in [0, 0.05) is 30.1 Å². The highest BCUT2D eigenvalue weighted by Gasteiger charge is 2.41. The van der Waals surface area contributed by atoms with Crippen LogP contribution in [0.1, 0.15) is 97.7 Å². The molecule has 1 aromatic heterocycles. The summed E-state index contributed by atoms with van der Waals surface area (Å²) < 4.78 is 14.3.